The topological polar surface area (TPSA) is 21.2 Å². The van der Waals surface area contributed by atoms with Crippen molar-refractivity contribution in [3.8, 4) is 0 Å². The third-order valence-electron chi connectivity index (χ3n) is 8.47. The van der Waals surface area contributed by atoms with E-state index in [9.17, 15) is 0 Å². The molecule has 2 aromatic carbocycles. The maximum Gasteiger partial charge on any atom is 0.224 e. The van der Waals surface area contributed by atoms with Gasteiger partial charge in [0.15, 0.2) is 6.20 Å². The van der Waals surface area contributed by atoms with Gasteiger partial charge in [-0.05, 0) is 72.6 Å². The van der Waals surface area contributed by atoms with Crippen molar-refractivity contribution in [1.29, 1.82) is 0 Å². The lowest BCUT2D eigenvalue weighted by Gasteiger charge is -2.34. The van der Waals surface area contributed by atoms with Crippen molar-refractivity contribution in [2.45, 2.75) is 52.4 Å². The summed E-state index contributed by atoms with van der Waals surface area (Å²) in [6.45, 7) is 7.10. The van der Waals surface area contributed by atoms with Crippen molar-refractivity contribution in [3.63, 3.8) is 0 Å². The summed E-state index contributed by atoms with van der Waals surface area (Å²) in [7, 11) is 2.19. The van der Waals surface area contributed by atoms with E-state index in [0.717, 1.165) is 0 Å². The molecule has 0 amide bonds. The van der Waals surface area contributed by atoms with Gasteiger partial charge in [-0.1, -0.05) is 32.0 Å². The van der Waals surface area contributed by atoms with Crippen molar-refractivity contribution >= 4 is 49.0 Å². The first-order chi connectivity index (χ1) is 15.9. The van der Waals surface area contributed by atoms with Crippen molar-refractivity contribution in [2.24, 2.45) is 12.5 Å². The van der Waals surface area contributed by atoms with E-state index in [4.69, 9.17) is 0 Å². The molecule has 4 aromatic heterocycles. The fraction of sp³-hybridized carbons (Fsp3) is 0.333. The van der Waals surface area contributed by atoms with E-state index in [1.807, 2.05) is 12.4 Å². The fourth-order valence-corrected chi connectivity index (χ4v) is 6.55. The molecule has 0 saturated heterocycles. The van der Waals surface area contributed by atoms with E-state index >= 15 is 0 Å². The average Bonchev–Trinajstić information content (AvgIpc) is 3.14. The molecule has 3 heteroatoms. The van der Waals surface area contributed by atoms with Crippen LogP contribution >= 0.6 is 0 Å². The van der Waals surface area contributed by atoms with Gasteiger partial charge in [0.1, 0.15) is 7.05 Å². The second kappa shape index (κ2) is 6.44. The highest BCUT2D eigenvalue weighted by Gasteiger charge is 2.29. The highest BCUT2D eigenvalue weighted by molar-refractivity contribution is 6.25. The van der Waals surface area contributed by atoms with Crippen LogP contribution in [0.3, 0.4) is 0 Å². The third-order valence-corrected chi connectivity index (χ3v) is 8.47. The molecule has 0 bridgehead atoms. The average molecular weight is 433 g/mol. The summed E-state index contributed by atoms with van der Waals surface area (Å²) >= 11 is 0. The minimum Gasteiger partial charge on any atom is -0.306 e. The quantitative estimate of drug-likeness (QED) is 0.153. The summed E-state index contributed by atoms with van der Waals surface area (Å²) < 4.78 is 4.82. The molecule has 1 fully saturated rings. The van der Waals surface area contributed by atoms with Crippen LogP contribution in [-0.4, -0.2) is 9.38 Å². The predicted octanol–water partition coefficient (Wildman–Crippen LogP) is 7.20. The van der Waals surface area contributed by atoms with Crippen LogP contribution in [0.15, 0.2) is 55.0 Å². The van der Waals surface area contributed by atoms with Crippen LogP contribution in [0.25, 0.3) is 49.0 Å². The van der Waals surface area contributed by atoms with Gasteiger partial charge >= 0.3 is 0 Å². The van der Waals surface area contributed by atoms with E-state index in [1.54, 1.807) is 0 Å². The van der Waals surface area contributed by atoms with Gasteiger partial charge in [0, 0.05) is 23.0 Å². The molecule has 33 heavy (non-hydrogen) atoms. The largest absolute Gasteiger partial charge is 0.306 e. The summed E-state index contributed by atoms with van der Waals surface area (Å²) in [6, 6.07) is 14.0. The second-order valence-electron chi connectivity index (χ2n) is 11.1. The van der Waals surface area contributed by atoms with Crippen molar-refractivity contribution in [3.05, 3.63) is 66.1 Å². The number of aryl methyl sites for hydroxylation is 2. The van der Waals surface area contributed by atoms with E-state index in [1.165, 1.54) is 85.8 Å². The molecule has 0 radical (unpaired) electrons. The Kier molecular flexibility index (Phi) is 3.76. The van der Waals surface area contributed by atoms with Crippen LogP contribution in [0, 0.1) is 12.3 Å². The lowest BCUT2D eigenvalue weighted by molar-refractivity contribution is -0.643. The number of fused-ring (bicyclic) bond motifs is 5. The molecular formula is C30H30N3+. The van der Waals surface area contributed by atoms with Gasteiger partial charge in [-0.2, -0.15) is 0 Å². The number of benzene rings is 2. The molecule has 7 rings (SSSR count). The lowest BCUT2D eigenvalue weighted by Crippen LogP contribution is -2.29. The van der Waals surface area contributed by atoms with E-state index in [0.29, 0.717) is 11.3 Å². The van der Waals surface area contributed by atoms with Crippen LogP contribution < -0.4 is 4.57 Å². The predicted molar refractivity (Wildman–Crippen MR) is 137 cm³/mol. The molecule has 0 atom stereocenters. The van der Waals surface area contributed by atoms with Gasteiger partial charge in [-0.25, -0.2) is 4.57 Å². The van der Waals surface area contributed by atoms with Gasteiger partial charge in [-0.15, -0.1) is 0 Å². The summed E-state index contributed by atoms with van der Waals surface area (Å²) in [4.78, 5) is 4.53. The molecule has 164 valence electrons. The normalized spacial score (nSPS) is 17.3. The molecular weight excluding hydrogens is 402 g/mol. The number of nitrogens with zero attached hydrogens (tertiary/aromatic N) is 3. The summed E-state index contributed by atoms with van der Waals surface area (Å²) in [6.07, 6.45) is 11.4. The SMILES string of the molecule is Cc1ccc2c3ccncc3n3c4cc(C5CCC(C)(C)CC5)cc5cc[n+](C)c(c1c23)c54. The van der Waals surface area contributed by atoms with E-state index in [2.05, 4.69) is 84.4 Å². The first kappa shape index (κ1) is 19.3. The Morgan fingerprint density at radius 1 is 0.970 bits per heavy atom. The zero-order chi connectivity index (χ0) is 22.5. The third kappa shape index (κ3) is 2.57. The monoisotopic (exact) mass is 432 g/mol. The summed E-state index contributed by atoms with van der Waals surface area (Å²) in [5.41, 5.74) is 8.51. The van der Waals surface area contributed by atoms with Crippen LogP contribution in [0.5, 0.6) is 0 Å². The molecule has 1 aliphatic rings. The van der Waals surface area contributed by atoms with Crippen LogP contribution in [0.1, 0.15) is 56.6 Å². The smallest absolute Gasteiger partial charge is 0.224 e. The maximum atomic E-state index is 4.53. The number of hydrogen-bond acceptors (Lipinski definition) is 1. The number of aromatic nitrogens is 3. The van der Waals surface area contributed by atoms with Gasteiger partial charge in [0.25, 0.3) is 0 Å². The zero-order valence-electron chi connectivity index (χ0n) is 19.9. The molecule has 0 unspecified atom stereocenters. The highest BCUT2D eigenvalue weighted by Crippen LogP contribution is 2.45. The minimum absolute atomic E-state index is 0.480. The fourth-order valence-electron chi connectivity index (χ4n) is 6.55. The van der Waals surface area contributed by atoms with Crippen LogP contribution in [-0.2, 0) is 7.05 Å². The number of hydrogen-bond donors (Lipinski definition) is 0. The highest BCUT2D eigenvalue weighted by atomic mass is 15.0. The second-order valence-corrected chi connectivity index (χ2v) is 11.1. The van der Waals surface area contributed by atoms with Crippen molar-refractivity contribution < 1.29 is 4.57 Å². The van der Waals surface area contributed by atoms with E-state index in [-0.39, 0.29) is 0 Å². The van der Waals surface area contributed by atoms with Crippen LogP contribution in [0.2, 0.25) is 0 Å². The van der Waals surface area contributed by atoms with Crippen molar-refractivity contribution in [2.75, 3.05) is 0 Å². The molecule has 1 aliphatic carbocycles. The number of rotatable bonds is 1. The Morgan fingerprint density at radius 3 is 2.61 bits per heavy atom. The molecule has 1 saturated carbocycles. The van der Waals surface area contributed by atoms with Crippen LogP contribution in [0.4, 0.5) is 0 Å². The molecule has 4 heterocycles. The van der Waals surface area contributed by atoms with E-state index < -0.39 is 0 Å². The zero-order valence-corrected chi connectivity index (χ0v) is 19.9. The molecule has 3 nitrogen and oxygen atoms in total. The lowest BCUT2D eigenvalue weighted by atomic mass is 9.71. The van der Waals surface area contributed by atoms with Gasteiger partial charge in [0.05, 0.1) is 33.5 Å². The Balaban J connectivity index is 1.68. The maximum absolute atomic E-state index is 4.53. The summed E-state index contributed by atoms with van der Waals surface area (Å²) in [5, 5.41) is 6.68. The van der Waals surface area contributed by atoms with Gasteiger partial charge in [-0.3, -0.25) is 4.98 Å². The Hall–Kier alpha value is -3.20. The Morgan fingerprint density at radius 2 is 1.79 bits per heavy atom. The molecule has 6 aromatic rings. The Bertz CT molecular complexity index is 1710. The van der Waals surface area contributed by atoms with Crippen molar-refractivity contribution in [1.82, 2.24) is 9.38 Å². The first-order valence-electron chi connectivity index (χ1n) is 12.3. The summed E-state index contributed by atoms with van der Waals surface area (Å²) in [5.74, 6) is 0.644. The minimum atomic E-state index is 0.480. The molecule has 0 spiro atoms. The van der Waals surface area contributed by atoms with Gasteiger partial charge < -0.3 is 4.40 Å². The van der Waals surface area contributed by atoms with Gasteiger partial charge in [0.2, 0.25) is 5.52 Å². The first-order valence-corrected chi connectivity index (χ1v) is 12.3. The molecule has 0 N–H and O–H groups in total. The molecule has 0 aliphatic heterocycles. The Labute approximate surface area is 194 Å². The standard InChI is InChI=1S/C30H30N3/c1-18-5-6-23-22-9-13-31-17-25(22)33-24-16-21(19-7-11-30(2,3)12-8-19)15-20-10-14-32(4)29(27(20)24)26(18)28(23)33/h5-6,9-10,13-17,19H,7-8,11-12H2,1-4H3/q+1. The number of pyridine rings is 3.